The molecule has 2 atom stereocenters. The third-order valence-electron chi connectivity index (χ3n) is 1.81. The molecule has 0 amide bonds. The summed E-state index contributed by atoms with van der Waals surface area (Å²) >= 11 is 0. The molecule has 0 aromatic heterocycles. The number of carbonyl (C=O) groups is 2. The van der Waals surface area contributed by atoms with Gasteiger partial charge in [-0.3, -0.25) is 9.32 Å². The lowest BCUT2D eigenvalue weighted by molar-refractivity contribution is -0.159. The summed E-state index contributed by atoms with van der Waals surface area (Å²) in [5, 5.41) is 0. The molecule has 0 fully saturated rings. The second-order valence-corrected chi connectivity index (χ2v) is 4.40. The Kier molecular flexibility index (Phi) is 5.27. The maximum atomic E-state index is 11.8. The number of benzene rings is 1. The maximum Gasteiger partial charge on any atom is 0.614 e. The number of methoxy groups -OCH3 is 1. The number of rotatable bonds is 5. The van der Waals surface area contributed by atoms with E-state index in [1.165, 1.54) is 0 Å². The minimum atomic E-state index is -2.57. The van der Waals surface area contributed by atoms with Crippen LogP contribution in [-0.4, -0.2) is 24.9 Å². The molecular formula is C11H12O6P+. The number of carbonyl (C=O) groups excluding carboxylic acids is 2. The number of hydrogen-bond acceptors (Lipinski definition) is 6. The predicted octanol–water partition coefficient (Wildman–Crippen LogP) is 1.87. The normalized spacial score (nSPS) is 12.2. The Bertz CT molecular complexity index is 444. The van der Waals surface area contributed by atoms with Crippen LogP contribution in [0.2, 0.25) is 0 Å². The van der Waals surface area contributed by atoms with Crippen LogP contribution in [0.25, 0.3) is 0 Å². The van der Waals surface area contributed by atoms with E-state index in [0.29, 0.717) is 5.75 Å². The van der Waals surface area contributed by atoms with Crippen LogP contribution in [0.3, 0.4) is 0 Å². The third-order valence-corrected chi connectivity index (χ3v) is 2.90. The highest BCUT2D eigenvalue weighted by Gasteiger charge is 2.45. The number of esters is 2. The van der Waals surface area contributed by atoms with Gasteiger partial charge in [0, 0.05) is 6.92 Å². The summed E-state index contributed by atoms with van der Waals surface area (Å²) in [6.45, 7) is 1.10. The standard InChI is InChI=1S/C11H12O6P/c1-8(12)16-11(10(13)15-2)18(14)17-9-6-4-3-5-7-9/h3-7,11H,1-2H3/q+1. The van der Waals surface area contributed by atoms with Crippen LogP contribution in [0.5, 0.6) is 5.75 Å². The van der Waals surface area contributed by atoms with Gasteiger partial charge in [0.15, 0.2) is 5.75 Å². The molecule has 6 nitrogen and oxygen atoms in total. The minimum Gasteiger partial charge on any atom is -0.463 e. The molecule has 0 aliphatic heterocycles. The molecule has 7 heteroatoms. The van der Waals surface area contributed by atoms with Gasteiger partial charge < -0.3 is 9.47 Å². The van der Waals surface area contributed by atoms with E-state index in [1.807, 2.05) is 0 Å². The first-order valence-electron chi connectivity index (χ1n) is 4.99. The molecule has 0 heterocycles. The molecule has 0 aliphatic carbocycles. The molecule has 1 rings (SSSR count). The first-order valence-corrected chi connectivity index (χ1v) is 6.23. The zero-order chi connectivity index (χ0) is 13.5. The first kappa shape index (κ1) is 14.1. The van der Waals surface area contributed by atoms with Crippen molar-refractivity contribution in [3.05, 3.63) is 30.3 Å². The predicted molar refractivity (Wildman–Crippen MR) is 62.2 cm³/mol. The van der Waals surface area contributed by atoms with E-state index >= 15 is 0 Å². The largest absolute Gasteiger partial charge is 0.614 e. The van der Waals surface area contributed by atoms with Crippen LogP contribution in [0.1, 0.15) is 6.92 Å². The van der Waals surface area contributed by atoms with Crippen LogP contribution in [0.15, 0.2) is 30.3 Å². The Morgan fingerprint density at radius 2 is 1.83 bits per heavy atom. The van der Waals surface area contributed by atoms with Gasteiger partial charge in [0.25, 0.3) is 0 Å². The van der Waals surface area contributed by atoms with Crippen molar-refractivity contribution in [3.8, 4) is 5.75 Å². The molecule has 0 spiro atoms. The molecular weight excluding hydrogens is 259 g/mol. The van der Waals surface area contributed by atoms with E-state index in [4.69, 9.17) is 4.52 Å². The molecule has 0 N–H and O–H groups in total. The smallest absolute Gasteiger partial charge is 0.463 e. The fourth-order valence-corrected chi connectivity index (χ4v) is 2.01. The van der Waals surface area contributed by atoms with Gasteiger partial charge in [0.2, 0.25) is 0 Å². The van der Waals surface area contributed by atoms with E-state index < -0.39 is 25.8 Å². The lowest BCUT2D eigenvalue weighted by Crippen LogP contribution is -2.25. The van der Waals surface area contributed by atoms with Crippen molar-refractivity contribution in [1.29, 1.82) is 0 Å². The molecule has 0 saturated heterocycles. The highest BCUT2D eigenvalue weighted by molar-refractivity contribution is 7.41. The number of ether oxygens (including phenoxy) is 2. The van der Waals surface area contributed by atoms with Gasteiger partial charge >= 0.3 is 25.8 Å². The third kappa shape index (κ3) is 4.14. The monoisotopic (exact) mass is 271 g/mol. The maximum absolute atomic E-state index is 11.8. The van der Waals surface area contributed by atoms with E-state index in [-0.39, 0.29) is 0 Å². The topological polar surface area (TPSA) is 78.9 Å². The van der Waals surface area contributed by atoms with Crippen molar-refractivity contribution in [2.75, 3.05) is 7.11 Å². The summed E-state index contributed by atoms with van der Waals surface area (Å²) in [6.07, 6.45) is 0. The Labute approximate surface area is 105 Å². The summed E-state index contributed by atoms with van der Waals surface area (Å²) in [7, 11) is -1.46. The van der Waals surface area contributed by atoms with E-state index in [1.54, 1.807) is 30.3 Å². The highest BCUT2D eigenvalue weighted by atomic mass is 31.1. The van der Waals surface area contributed by atoms with E-state index in [0.717, 1.165) is 14.0 Å². The van der Waals surface area contributed by atoms with Gasteiger partial charge in [-0.2, -0.15) is 0 Å². The number of para-hydroxylation sites is 1. The molecule has 0 saturated carbocycles. The summed E-state index contributed by atoms with van der Waals surface area (Å²) in [4.78, 5) is 22.1. The van der Waals surface area contributed by atoms with Gasteiger partial charge in [0.1, 0.15) is 0 Å². The second kappa shape index (κ2) is 6.71. The van der Waals surface area contributed by atoms with Crippen molar-refractivity contribution in [3.63, 3.8) is 0 Å². The molecule has 1 aromatic carbocycles. The average molecular weight is 271 g/mol. The quantitative estimate of drug-likeness (QED) is 0.601. The Morgan fingerprint density at radius 1 is 1.22 bits per heavy atom. The second-order valence-electron chi connectivity index (χ2n) is 3.17. The molecule has 0 bridgehead atoms. The van der Waals surface area contributed by atoms with Crippen molar-refractivity contribution in [2.24, 2.45) is 0 Å². The SMILES string of the molecule is COC(=O)C(OC(C)=O)[P+](=O)Oc1ccccc1. The lowest BCUT2D eigenvalue weighted by atomic mass is 10.3. The minimum absolute atomic E-state index is 0.305. The van der Waals surface area contributed by atoms with E-state index in [9.17, 15) is 14.2 Å². The Hall–Kier alpha value is -1.94. The van der Waals surface area contributed by atoms with Crippen LogP contribution >= 0.6 is 8.03 Å². The van der Waals surface area contributed by atoms with Crippen LogP contribution < -0.4 is 4.52 Å². The summed E-state index contributed by atoms with van der Waals surface area (Å²) in [5.41, 5.74) is 0. The van der Waals surface area contributed by atoms with Crippen molar-refractivity contribution >= 4 is 20.0 Å². The van der Waals surface area contributed by atoms with Gasteiger partial charge in [-0.1, -0.05) is 18.2 Å². The van der Waals surface area contributed by atoms with Crippen LogP contribution in [0, 0.1) is 0 Å². The zero-order valence-corrected chi connectivity index (χ0v) is 10.8. The van der Waals surface area contributed by atoms with Crippen molar-refractivity contribution in [1.82, 2.24) is 0 Å². The number of hydrogen-bond donors (Lipinski definition) is 0. The van der Waals surface area contributed by atoms with Crippen molar-refractivity contribution in [2.45, 2.75) is 12.8 Å². The highest BCUT2D eigenvalue weighted by Crippen LogP contribution is 2.33. The molecule has 2 unspecified atom stereocenters. The van der Waals surface area contributed by atoms with Gasteiger partial charge in [-0.15, -0.1) is 0 Å². The molecule has 0 radical (unpaired) electrons. The molecule has 0 aliphatic rings. The van der Waals surface area contributed by atoms with Gasteiger partial charge in [-0.25, -0.2) is 4.79 Å². The fraction of sp³-hybridized carbons (Fsp3) is 0.273. The lowest BCUT2D eigenvalue weighted by Gasteiger charge is -2.04. The fourth-order valence-electron chi connectivity index (χ4n) is 1.07. The van der Waals surface area contributed by atoms with Crippen molar-refractivity contribution < 1.29 is 28.2 Å². The molecule has 18 heavy (non-hydrogen) atoms. The first-order chi connectivity index (χ1) is 8.54. The van der Waals surface area contributed by atoms with Crippen LogP contribution in [0.4, 0.5) is 0 Å². The van der Waals surface area contributed by atoms with E-state index in [2.05, 4.69) is 9.47 Å². The summed E-state index contributed by atoms with van der Waals surface area (Å²) in [5.74, 6) is -2.94. The average Bonchev–Trinajstić information content (AvgIpc) is 2.36. The molecule has 1 aromatic rings. The molecule has 96 valence electrons. The van der Waals surface area contributed by atoms with Gasteiger partial charge in [0.05, 0.1) is 7.11 Å². The zero-order valence-electron chi connectivity index (χ0n) is 9.86. The summed E-state index contributed by atoms with van der Waals surface area (Å²) < 4.78 is 25.8. The van der Waals surface area contributed by atoms with Gasteiger partial charge in [-0.05, 0) is 16.7 Å². The van der Waals surface area contributed by atoms with Crippen LogP contribution in [-0.2, 0) is 23.6 Å². The Morgan fingerprint density at radius 3 is 2.33 bits per heavy atom. The Balaban J connectivity index is 2.76. The summed E-state index contributed by atoms with van der Waals surface area (Å²) in [6, 6.07) is 8.24.